The van der Waals surface area contributed by atoms with Crippen LogP contribution in [0, 0.1) is 0 Å². The second-order valence-electron chi connectivity index (χ2n) is 4.89. The van der Waals surface area contributed by atoms with E-state index in [4.69, 9.17) is 5.73 Å². The van der Waals surface area contributed by atoms with Crippen LogP contribution in [-0.4, -0.2) is 26.0 Å². The van der Waals surface area contributed by atoms with Crippen LogP contribution in [0.3, 0.4) is 0 Å². The molecule has 0 atom stereocenters. The number of sulfonamides is 1. The van der Waals surface area contributed by atoms with Crippen LogP contribution >= 0.6 is 27.7 Å². The Morgan fingerprint density at radius 3 is 2.38 bits per heavy atom. The number of thioether (sulfide) groups is 1. The molecule has 1 rings (SSSR count). The third-order valence-electron chi connectivity index (χ3n) is 3.83. The van der Waals surface area contributed by atoms with Crippen molar-refractivity contribution in [1.29, 1.82) is 0 Å². The van der Waals surface area contributed by atoms with E-state index >= 15 is 0 Å². The van der Waals surface area contributed by atoms with Crippen molar-refractivity contribution in [2.24, 2.45) is 5.73 Å². The molecule has 0 unspecified atom stereocenters. The van der Waals surface area contributed by atoms with Crippen LogP contribution in [0.4, 0.5) is 0 Å². The fourth-order valence-corrected chi connectivity index (χ4v) is 5.19. The molecule has 0 aliphatic heterocycles. The summed E-state index contributed by atoms with van der Waals surface area (Å²) in [5, 5.41) is 0. The molecule has 120 valence electrons. The lowest BCUT2D eigenvalue weighted by Crippen LogP contribution is -2.39. The highest BCUT2D eigenvalue weighted by molar-refractivity contribution is 9.10. The van der Waals surface area contributed by atoms with Gasteiger partial charge in [0, 0.05) is 22.3 Å². The minimum atomic E-state index is -3.53. The zero-order valence-corrected chi connectivity index (χ0v) is 15.9. The standard InChI is InChI=1S/C14H23BrN2O2S2/c1-4-14(5-2,20-3)10-17-21(18,19)13-7-6-11(9-16)8-12(13)15/h6-8,17H,4-5,9-10,16H2,1-3H3. The van der Waals surface area contributed by atoms with Crippen LogP contribution in [0.15, 0.2) is 27.6 Å². The molecular formula is C14H23BrN2O2S2. The third kappa shape index (κ3) is 4.69. The van der Waals surface area contributed by atoms with E-state index in [0.29, 0.717) is 17.6 Å². The highest BCUT2D eigenvalue weighted by Gasteiger charge is 2.28. The van der Waals surface area contributed by atoms with Gasteiger partial charge in [-0.25, -0.2) is 13.1 Å². The molecule has 0 fully saturated rings. The van der Waals surface area contributed by atoms with E-state index in [1.165, 1.54) is 0 Å². The number of hydrogen-bond acceptors (Lipinski definition) is 4. The first-order chi connectivity index (χ1) is 9.84. The van der Waals surface area contributed by atoms with Crippen LogP contribution < -0.4 is 10.5 Å². The van der Waals surface area contributed by atoms with Gasteiger partial charge in [-0.1, -0.05) is 19.9 Å². The number of nitrogens with two attached hydrogens (primary N) is 1. The van der Waals surface area contributed by atoms with E-state index in [1.54, 1.807) is 30.0 Å². The van der Waals surface area contributed by atoms with Crippen LogP contribution in [-0.2, 0) is 16.6 Å². The Balaban J connectivity index is 2.97. The molecule has 0 saturated heterocycles. The van der Waals surface area contributed by atoms with Crippen molar-refractivity contribution in [3.8, 4) is 0 Å². The van der Waals surface area contributed by atoms with E-state index in [0.717, 1.165) is 18.4 Å². The molecule has 0 radical (unpaired) electrons. The van der Waals surface area contributed by atoms with Gasteiger partial charge < -0.3 is 5.73 Å². The summed E-state index contributed by atoms with van der Waals surface area (Å²) in [7, 11) is -3.53. The molecule has 1 aromatic rings. The molecule has 3 N–H and O–H groups in total. The lowest BCUT2D eigenvalue weighted by molar-refractivity contribution is 0.522. The van der Waals surface area contributed by atoms with Gasteiger partial charge in [0.1, 0.15) is 0 Å². The van der Waals surface area contributed by atoms with E-state index < -0.39 is 10.0 Å². The number of rotatable bonds is 8. The molecule has 0 spiro atoms. The van der Waals surface area contributed by atoms with Gasteiger partial charge in [0.05, 0.1) is 4.90 Å². The van der Waals surface area contributed by atoms with Crippen LogP contribution in [0.2, 0.25) is 0 Å². The summed E-state index contributed by atoms with van der Waals surface area (Å²) in [6, 6.07) is 5.07. The molecular weight excluding hydrogens is 372 g/mol. The predicted octanol–water partition coefficient (Wildman–Crippen LogP) is 3.11. The maximum absolute atomic E-state index is 12.5. The Morgan fingerprint density at radius 2 is 1.95 bits per heavy atom. The lowest BCUT2D eigenvalue weighted by Gasteiger charge is -2.29. The first-order valence-electron chi connectivity index (χ1n) is 6.87. The maximum Gasteiger partial charge on any atom is 0.241 e. The number of nitrogens with one attached hydrogen (secondary N) is 1. The molecule has 21 heavy (non-hydrogen) atoms. The molecule has 0 heterocycles. The highest BCUT2D eigenvalue weighted by Crippen LogP contribution is 2.30. The summed E-state index contributed by atoms with van der Waals surface area (Å²) in [5.41, 5.74) is 6.45. The monoisotopic (exact) mass is 394 g/mol. The van der Waals surface area contributed by atoms with Crippen molar-refractivity contribution < 1.29 is 8.42 Å². The molecule has 4 nitrogen and oxygen atoms in total. The SMILES string of the molecule is CCC(CC)(CNS(=O)(=O)c1ccc(CN)cc1Br)SC. The van der Waals surface area contributed by atoms with Gasteiger partial charge in [0.15, 0.2) is 0 Å². The molecule has 0 amide bonds. The summed E-state index contributed by atoms with van der Waals surface area (Å²) in [6.07, 6.45) is 3.86. The Morgan fingerprint density at radius 1 is 1.33 bits per heavy atom. The van der Waals surface area contributed by atoms with Gasteiger partial charge >= 0.3 is 0 Å². The summed E-state index contributed by atoms with van der Waals surface area (Å²) < 4.78 is 28.2. The molecule has 0 saturated carbocycles. The second kappa shape index (κ2) is 7.97. The quantitative estimate of drug-likeness (QED) is 0.710. The lowest BCUT2D eigenvalue weighted by atomic mass is 10.0. The molecule has 0 aromatic heterocycles. The molecule has 0 aliphatic rings. The summed E-state index contributed by atoms with van der Waals surface area (Å²) in [5.74, 6) is 0. The average Bonchev–Trinajstić information content (AvgIpc) is 2.48. The van der Waals surface area contributed by atoms with E-state index in [9.17, 15) is 8.42 Å². The third-order valence-corrected chi connectivity index (χ3v) is 7.79. The van der Waals surface area contributed by atoms with Crippen molar-refractivity contribution >= 4 is 37.7 Å². The zero-order valence-electron chi connectivity index (χ0n) is 12.6. The topological polar surface area (TPSA) is 72.2 Å². The van der Waals surface area contributed by atoms with Gasteiger partial charge in [-0.3, -0.25) is 0 Å². The number of halogens is 1. The van der Waals surface area contributed by atoms with Crippen molar-refractivity contribution in [3.63, 3.8) is 0 Å². The molecule has 0 aliphatic carbocycles. The fourth-order valence-electron chi connectivity index (χ4n) is 2.05. The Hall–Kier alpha value is -0.0800. The minimum Gasteiger partial charge on any atom is -0.326 e. The van der Waals surface area contributed by atoms with Crippen molar-refractivity contribution in [1.82, 2.24) is 4.72 Å². The van der Waals surface area contributed by atoms with Gasteiger partial charge in [0.2, 0.25) is 10.0 Å². The first-order valence-corrected chi connectivity index (χ1v) is 10.4. The minimum absolute atomic E-state index is 0.0588. The van der Waals surface area contributed by atoms with E-state index in [1.807, 2.05) is 6.26 Å². The van der Waals surface area contributed by atoms with Crippen LogP contribution in [0.5, 0.6) is 0 Å². The summed E-state index contributed by atoms with van der Waals surface area (Å²) >= 11 is 5.02. The van der Waals surface area contributed by atoms with Gasteiger partial charge in [-0.05, 0) is 52.7 Å². The molecule has 1 aromatic carbocycles. The average molecular weight is 395 g/mol. The maximum atomic E-state index is 12.5. The van der Waals surface area contributed by atoms with Crippen molar-refractivity contribution in [2.45, 2.75) is 42.9 Å². The molecule has 7 heteroatoms. The smallest absolute Gasteiger partial charge is 0.241 e. The first kappa shape index (κ1) is 19.0. The van der Waals surface area contributed by atoms with Crippen molar-refractivity contribution in [3.05, 3.63) is 28.2 Å². The second-order valence-corrected chi connectivity index (χ2v) is 8.75. The number of benzene rings is 1. The van der Waals surface area contributed by atoms with Crippen LogP contribution in [0.1, 0.15) is 32.3 Å². The Bertz CT molecular complexity index is 564. The Labute approximate surface area is 140 Å². The van der Waals surface area contributed by atoms with Gasteiger partial charge in [-0.2, -0.15) is 11.8 Å². The highest BCUT2D eigenvalue weighted by atomic mass is 79.9. The largest absolute Gasteiger partial charge is 0.326 e. The fraction of sp³-hybridized carbons (Fsp3) is 0.571. The van der Waals surface area contributed by atoms with E-state index in [-0.39, 0.29) is 9.64 Å². The van der Waals surface area contributed by atoms with E-state index in [2.05, 4.69) is 34.5 Å². The number of hydrogen-bond donors (Lipinski definition) is 2. The van der Waals surface area contributed by atoms with Crippen LogP contribution in [0.25, 0.3) is 0 Å². The van der Waals surface area contributed by atoms with Gasteiger partial charge in [0.25, 0.3) is 0 Å². The Kier molecular flexibility index (Phi) is 7.19. The zero-order chi connectivity index (χ0) is 16.1. The predicted molar refractivity (Wildman–Crippen MR) is 94.0 cm³/mol. The summed E-state index contributed by atoms with van der Waals surface area (Å²) in [4.78, 5) is 0.252. The molecule has 0 bridgehead atoms. The van der Waals surface area contributed by atoms with Crippen molar-refractivity contribution in [2.75, 3.05) is 12.8 Å². The normalized spacial score (nSPS) is 12.6. The summed E-state index contributed by atoms with van der Waals surface area (Å²) in [6.45, 7) is 4.97. The van der Waals surface area contributed by atoms with Gasteiger partial charge in [-0.15, -0.1) is 0 Å².